The molecule has 1 N–H and O–H groups in total. The smallest absolute Gasteiger partial charge is 0.269 e. The van der Waals surface area contributed by atoms with Gasteiger partial charge in [-0.05, 0) is 48.4 Å². The van der Waals surface area contributed by atoms with Crippen LogP contribution in [0.15, 0.2) is 96.3 Å². The van der Waals surface area contributed by atoms with Crippen LogP contribution in [0.2, 0.25) is 0 Å². The number of carbonyl (C=O) groups is 2. The van der Waals surface area contributed by atoms with E-state index in [1.54, 1.807) is 36.5 Å². The predicted molar refractivity (Wildman–Crippen MR) is 152 cm³/mol. The minimum absolute atomic E-state index is 0.128. The van der Waals surface area contributed by atoms with Crippen LogP contribution in [0.4, 0.5) is 11.6 Å². The Balaban J connectivity index is 1.31. The largest absolute Gasteiger partial charge is 0.441 e. The maximum absolute atomic E-state index is 13.2. The summed E-state index contributed by atoms with van der Waals surface area (Å²) in [5.74, 6) is 0.428. The van der Waals surface area contributed by atoms with Crippen LogP contribution in [0.5, 0.6) is 0 Å². The molecule has 40 heavy (non-hydrogen) atoms. The molecule has 0 saturated heterocycles. The standard InChI is InChI=1S/C29H23N7O3S/c1-35(28(38)20-7-3-2-4-8-20)21-9-10-23-22(14-21)33-29(36(23)13-11-19-6-5-12-30-15-19)34-26(37)25-17-32-27(40-25)24-16-31-18-39-24/h2-10,12,14-18H,11,13H2,1H3,(H,33,34,37). The zero-order valence-electron chi connectivity index (χ0n) is 21.4. The zero-order valence-corrected chi connectivity index (χ0v) is 22.2. The molecule has 4 aromatic heterocycles. The normalized spacial score (nSPS) is 11.0. The molecule has 2 amide bonds. The summed E-state index contributed by atoms with van der Waals surface area (Å²) >= 11 is 1.20. The maximum Gasteiger partial charge on any atom is 0.269 e. The molecule has 0 aliphatic heterocycles. The van der Waals surface area contributed by atoms with Crippen LogP contribution < -0.4 is 10.2 Å². The van der Waals surface area contributed by atoms with Gasteiger partial charge in [-0.2, -0.15) is 0 Å². The second-order valence-corrected chi connectivity index (χ2v) is 9.98. The van der Waals surface area contributed by atoms with E-state index in [0.717, 1.165) is 11.1 Å². The number of anilines is 2. The molecule has 6 rings (SSSR count). The summed E-state index contributed by atoms with van der Waals surface area (Å²) in [4.78, 5) is 45.4. The monoisotopic (exact) mass is 549 g/mol. The van der Waals surface area contributed by atoms with Gasteiger partial charge in [0.15, 0.2) is 17.2 Å². The molecule has 0 saturated carbocycles. The molecule has 10 nitrogen and oxygen atoms in total. The van der Waals surface area contributed by atoms with Crippen molar-refractivity contribution in [2.75, 3.05) is 17.3 Å². The first-order chi connectivity index (χ1) is 19.6. The van der Waals surface area contributed by atoms with Crippen LogP contribution in [-0.4, -0.2) is 43.4 Å². The number of thiazole rings is 1. The Labute approximate surface area is 233 Å². The lowest BCUT2D eigenvalue weighted by Gasteiger charge is -2.17. The van der Waals surface area contributed by atoms with Gasteiger partial charge in [0.1, 0.15) is 4.88 Å². The molecule has 0 spiro atoms. The average Bonchev–Trinajstić information content (AvgIpc) is 3.76. The Morgan fingerprint density at radius 3 is 2.67 bits per heavy atom. The van der Waals surface area contributed by atoms with E-state index in [1.807, 2.05) is 59.3 Å². The minimum Gasteiger partial charge on any atom is -0.441 e. The number of imidazole rings is 1. The van der Waals surface area contributed by atoms with E-state index in [2.05, 4.69) is 20.3 Å². The number of nitrogens with one attached hydrogen (secondary N) is 1. The van der Waals surface area contributed by atoms with Crippen molar-refractivity contribution in [2.24, 2.45) is 0 Å². The quantitative estimate of drug-likeness (QED) is 0.273. The first-order valence-corrected chi connectivity index (χ1v) is 13.3. The van der Waals surface area contributed by atoms with E-state index in [9.17, 15) is 9.59 Å². The Hall–Kier alpha value is -5.16. The molecule has 198 valence electrons. The third-order valence-electron chi connectivity index (χ3n) is 6.39. The molecule has 4 heterocycles. The number of fused-ring (bicyclic) bond motifs is 1. The maximum atomic E-state index is 13.2. The van der Waals surface area contributed by atoms with Gasteiger partial charge < -0.3 is 13.9 Å². The summed E-state index contributed by atoms with van der Waals surface area (Å²) in [5.41, 5.74) is 3.82. The van der Waals surface area contributed by atoms with Crippen LogP contribution >= 0.6 is 11.3 Å². The number of carbonyl (C=O) groups excluding carboxylic acids is 2. The van der Waals surface area contributed by atoms with E-state index < -0.39 is 0 Å². The van der Waals surface area contributed by atoms with E-state index in [0.29, 0.717) is 51.3 Å². The van der Waals surface area contributed by atoms with E-state index in [-0.39, 0.29) is 11.8 Å². The lowest BCUT2D eigenvalue weighted by atomic mass is 10.2. The highest BCUT2D eigenvalue weighted by atomic mass is 32.1. The Kier molecular flexibility index (Phi) is 6.86. The van der Waals surface area contributed by atoms with Gasteiger partial charge in [-0.25, -0.2) is 15.0 Å². The minimum atomic E-state index is -0.335. The molecule has 0 aliphatic carbocycles. The number of amides is 2. The van der Waals surface area contributed by atoms with Gasteiger partial charge in [0.2, 0.25) is 5.95 Å². The van der Waals surface area contributed by atoms with Crippen molar-refractivity contribution in [3.05, 3.63) is 108 Å². The number of benzene rings is 2. The molecule has 0 bridgehead atoms. The first-order valence-electron chi connectivity index (χ1n) is 12.4. The molecule has 2 aromatic carbocycles. The molecule has 6 aromatic rings. The fourth-order valence-electron chi connectivity index (χ4n) is 4.30. The Morgan fingerprint density at radius 1 is 1.02 bits per heavy atom. The van der Waals surface area contributed by atoms with Crippen LogP contribution in [-0.2, 0) is 13.0 Å². The third-order valence-corrected chi connectivity index (χ3v) is 7.40. The first kappa shape index (κ1) is 25.1. The second kappa shape index (κ2) is 10.9. The molecule has 0 aliphatic rings. The fraction of sp³-hybridized carbons (Fsp3) is 0.103. The van der Waals surface area contributed by atoms with E-state index in [4.69, 9.17) is 9.40 Å². The zero-order chi connectivity index (χ0) is 27.5. The van der Waals surface area contributed by atoms with Crippen LogP contribution in [0.25, 0.3) is 21.8 Å². The average molecular weight is 550 g/mol. The van der Waals surface area contributed by atoms with Gasteiger partial charge in [0, 0.05) is 37.2 Å². The fourth-order valence-corrected chi connectivity index (χ4v) is 5.07. The van der Waals surface area contributed by atoms with Gasteiger partial charge in [0.25, 0.3) is 11.8 Å². The molecule has 0 radical (unpaired) electrons. The van der Waals surface area contributed by atoms with Crippen molar-refractivity contribution in [3.8, 4) is 10.8 Å². The van der Waals surface area contributed by atoms with Crippen LogP contribution in [0.1, 0.15) is 25.6 Å². The summed E-state index contributed by atoms with van der Waals surface area (Å²) in [5, 5.41) is 3.51. The number of rotatable bonds is 8. The molecule has 11 heteroatoms. The highest BCUT2D eigenvalue weighted by Gasteiger charge is 2.20. The van der Waals surface area contributed by atoms with Crippen LogP contribution in [0, 0.1) is 0 Å². The molecular formula is C29H23N7O3S. The lowest BCUT2D eigenvalue weighted by Crippen LogP contribution is -2.26. The molecule has 0 unspecified atom stereocenters. The van der Waals surface area contributed by atoms with Crippen molar-refractivity contribution in [3.63, 3.8) is 0 Å². The lowest BCUT2D eigenvalue weighted by molar-refractivity contribution is 0.0991. The van der Waals surface area contributed by atoms with Crippen molar-refractivity contribution in [1.29, 1.82) is 0 Å². The highest BCUT2D eigenvalue weighted by Crippen LogP contribution is 2.28. The molecule has 0 atom stereocenters. The second-order valence-electron chi connectivity index (χ2n) is 8.95. The summed E-state index contributed by atoms with van der Waals surface area (Å²) in [6.07, 6.45) is 8.62. The third kappa shape index (κ3) is 5.09. The Morgan fingerprint density at radius 2 is 1.90 bits per heavy atom. The van der Waals surface area contributed by atoms with Crippen molar-refractivity contribution < 1.29 is 14.0 Å². The van der Waals surface area contributed by atoms with E-state index in [1.165, 1.54) is 23.9 Å². The SMILES string of the molecule is CN(C(=O)c1ccccc1)c1ccc2c(c1)nc(NC(=O)c1cnc(-c3cnco3)s1)n2CCc1cccnc1. The number of pyridine rings is 1. The molecular weight excluding hydrogens is 526 g/mol. The summed E-state index contributed by atoms with van der Waals surface area (Å²) < 4.78 is 7.25. The number of aryl methyl sites for hydroxylation is 2. The topological polar surface area (TPSA) is 119 Å². The predicted octanol–water partition coefficient (Wildman–Crippen LogP) is 5.31. The number of nitrogens with zero attached hydrogens (tertiary/aromatic N) is 6. The summed E-state index contributed by atoms with van der Waals surface area (Å²) in [6, 6.07) is 18.7. The number of aromatic nitrogens is 5. The van der Waals surface area contributed by atoms with Gasteiger partial charge in [-0.3, -0.25) is 19.9 Å². The Bertz CT molecular complexity index is 1780. The van der Waals surface area contributed by atoms with Crippen molar-refractivity contribution >= 4 is 45.8 Å². The molecule has 0 fully saturated rings. The number of hydrogen-bond acceptors (Lipinski definition) is 8. The number of oxazole rings is 1. The van der Waals surface area contributed by atoms with Crippen molar-refractivity contribution in [1.82, 2.24) is 24.5 Å². The van der Waals surface area contributed by atoms with Gasteiger partial charge in [-0.15, -0.1) is 11.3 Å². The number of hydrogen-bond donors (Lipinski definition) is 1. The van der Waals surface area contributed by atoms with Gasteiger partial charge in [-0.1, -0.05) is 24.3 Å². The van der Waals surface area contributed by atoms with Crippen LogP contribution in [0.3, 0.4) is 0 Å². The van der Waals surface area contributed by atoms with Gasteiger partial charge in [0.05, 0.1) is 23.4 Å². The highest BCUT2D eigenvalue weighted by molar-refractivity contribution is 7.16. The van der Waals surface area contributed by atoms with Crippen molar-refractivity contribution in [2.45, 2.75) is 13.0 Å². The summed E-state index contributed by atoms with van der Waals surface area (Å²) in [6.45, 7) is 0.557. The van der Waals surface area contributed by atoms with Gasteiger partial charge >= 0.3 is 0 Å². The summed E-state index contributed by atoms with van der Waals surface area (Å²) in [7, 11) is 1.73. The van der Waals surface area contributed by atoms with E-state index >= 15 is 0 Å².